The third kappa shape index (κ3) is 4.54. The Labute approximate surface area is 146 Å². The first-order chi connectivity index (χ1) is 11.6. The van der Waals surface area contributed by atoms with E-state index in [0.717, 1.165) is 0 Å². The topological polar surface area (TPSA) is 93.0 Å². The number of nitro groups is 1. The molecule has 0 aliphatic carbocycles. The molecule has 1 saturated heterocycles. The number of rotatable bonds is 3. The first-order valence-corrected chi connectivity index (χ1v) is 8.11. The first-order valence-electron chi connectivity index (χ1n) is 8.11. The number of aryl methyl sites for hydroxylation is 1. The zero-order valence-corrected chi connectivity index (χ0v) is 14.9. The van der Waals surface area contributed by atoms with Gasteiger partial charge in [0.15, 0.2) is 0 Å². The van der Waals surface area contributed by atoms with Gasteiger partial charge in [0.05, 0.1) is 23.4 Å². The highest BCUT2D eigenvalue weighted by Crippen LogP contribution is 2.21. The Morgan fingerprint density at radius 3 is 2.28 bits per heavy atom. The van der Waals surface area contributed by atoms with Crippen LogP contribution in [0.2, 0.25) is 0 Å². The van der Waals surface area contributed by atoms with Crippen LogP contribution in [0.5, 0.6) is 0 Å². The number of hydrogen-bond donors (Lipinski definition) is 0. The molecule has 8 heteroatoms. The standard InChI is InChI=1S/C17H23N3O5/c1-12-5-6-13(11-14(12)20(23)24)15(21)18-7-9-19(10-8-18)25-16(22)17(2,3)4/h5-6,11H,7-10H2,1-4H3. The van der Waals surface area contributed by atoms with Gasteiger partial charge in [0, 0.05) is 30.3 Å². The molecule has 0 atom stereocenters. The Bertz CT molecular complexity index is 688. The number of hydrogen-bond acceptors (Lipinski definition) is 6. The van der Waals surface area contributed by atoms with Crippen molar-refractivity contribution >= 4 is 17.6 Å². The van der Waals surface area contributed by atoms with Gasteiger partial charge in [-0.05, 0) is 33.8 Å². The van der Waals surface area contributed by atoms with Gasteiger partial charge in [0.2, 0.25) is 0 Å². The van der Waals surface area contributed by atoms with Crippen molar-refractivity contribution in [3.63, 3.8) is 0 Å². The summed E-state index contributed by atoms with van der Waals surface area (Å²) >= 11 is 0. The number of carbonyl (C=O) groups excluding carboxylic acids is 2. The lowest BCUT2D eigenvalue weighted by Crippen LogP contribution is -2.49. The molecule has 8 nitrogen and oxygen atoms in total. The van der Waals surface area contributed by atoms with Gasteiger partial charge < -0.3 is 9.74 Å². The van der Waals surface area contributed by atoms with Crippen LogP contribution in [-0.2, 0) is 9.63 Å². The number of piperazine rings is 1. The van der Waals surface area contributed by atoms with Crippen LogP contribution in [0.4, 0.5) is 5.69 Å². The van der Waals surface area contributed by atoms with Crippen molar-refractivity contribution in [3.8, 4) is 0 Å². The lowest BCUT2D eigenvalue weighted by Gasteiger charge is -2.34. The highest BCUT2D eigenvalue weighted by molar-refractivity contribution is 5.95. The van der Waals surface area contributed by atoms with Gasteiger partial charge in [-0.1, -0.05) is 6.07 Å². The van der Waals surface area contributed by atoms with E-state index in [9.17, 15) is 19.7 Å². The largest absolute Gasteiger partial charge is 0.367 e. The van der Waals surface area contributed by atoms with Crippen LogP contribution in [0.1, 0.15) is 36.7 Å². The normalized spacial score (nSPS) is 15.8. The van der Waals surface area contributed by atoms with E-state index in [1.165, 1.54) is 6.07 Å². The molecule has 1 aliphatic heterocycles. The Kier molecular flexibility index (Phi) is 5.42. The molecule has 1 aromatic carbocycles. The van der Waals surface area contributed by atoms with Crippen molar-refractivity contribution in [2.24, 2.45) is 5.41 Å². The van der Waals surface area contributed by atoms with Gasteiger partial charge in [-0.25, -0.2) is 4.79 Å². The molecule has 0 saturated carbocycles. The summed E-state index contributed by atoms with van der Waals surface area (Å²) in [5.74, 6) is -0.577. The summed E-state index contributed by atoms with van der Waals surface area (Å²) in [6, 6.07) is 4.48. The van der Waals surface area contributed by atoms with Crippen LogP contribution >= 0.6 is 0 Å². The van der Waals surface area contributed by atoms with Crippen LogP contribution < -0.4 is 0 Å². The van der Waals surface area contributed by atoms with Gasteiger partial charge in [-0.2, -0.15) is 0 Å². The zero-order valence-electron chi connectivity index (χ0n) is 14.9. The molecule has 0 aromatic heterocycles. The molecule has 2 rings (SSSR count). The molecule has 1 aromatic rings. The molecular weight excluding hydrogens is 326 g/mol. The fourth-order valence-electron chi connectivity index (χ4n) is 2.36. The van der Waals surface area contributed by atoms with Crippen LogP contribution in [-0.4, -0.2) is 52.9 Å². The maximum atomic E-state index is 12.6. The maximum Gasteiger partial charge on any atom is 0.330 e. The molecule has 1 aliphatic rings. The fourth-order valence-corrected chi connectivity index (χ4v) is 2.36. The van der Waals surface area contributed by atoms with Crippen molar-refractivity contribution in [3.05, 3.63) is 39.4 Å². The molecular formula is C17H23N3O5. The number of amides is 1. The van der Waals surface area contributed by atoms with Crippen molar-refractivity contribution in [2.75, 3.05) is 26.2 Å². The Morgan fingerprint density at radius 1 is 1.16 bits per heavy atom. The minimum absolute atomic E-state index is 0.0661. The van der Waals surface area contributed by atoms with Crippen LogP contribution in [0, 0.1) is 22.5 Å². The van der Waals surface area contributed by atoms with Crippen molar-refractivity contribution < 1.29 is 19.3 Å². The highest BCUT2D eigenvalue weighted by atomic mass is 16.7. The summed E-state index contributed by atoms with van der Waals surface area (Å²) < 4.78 is 0. The van der Waals surface area contributed by atoms with E-state index in [-0.39, 0.29) is 23.1 Å². The average Bonchev–Trinajstić information content (AvgIpc) is 2.54. The van der Waals surface area contributed by atoms with Crippen LogP contribution in [0.3, 0.4) is 0 Å². The molecule has 1 fully saturated rings. The third-order valence-corrected chi connectivity index (χ3v) is 4.00. The zero-order chi connectivity index (χ0) is 18.8. The Hall–Kier alpha value is -2.48. The molecule has 136 valence electrons. The molecule has 0 radical (unpaired) electrons. The SMILES string of the molecule is Cc1ccc(C(=O)N2CCN(OC(=O)C(C)(C)C)CC2)cc1[N+](=O)[O-]. The average molecular weight is 349 g/mol. The molecule has 0 spiro atoms. The van der Waals surface area contributed by atoms with E-state index < -0.39 is 10.3 Å². The van der Waals surface area contributed by atoms with E-state index in [1.54, 1.807) is 49.8 Å². The lowest BCUT2D eigenvalue weighted by molar-refractivity contribution is -0.385. The van der Waals surface area contributed by atoms with Crippen molar-refractivity contribution in [2.45, 2.75) is 27.7 Å². The summed E-state index contributed by atoms with van der Waals surface area (Å²) in [7, 11) is 0. The summed E-state index contributed by atoms with van der Waals surface area (Å²) in [6.07, 6.45) is 0. The Balaban J connectivity index is 1.99. The Morgan fingerprint density at radius 2 is 1.76 bits per heavy atom. The highest BCUT2D eigenvalue weighted by Gasteiger charge is 2.29. The molecule has 0 unspecified atom stereocenters. The maximum absolute atomic E-state index is 12.6. The summed E-state index contributed by atoms with van der Waals surface area (Å²) in [4.78, 5) is 41.9. The van der Waals surface area contributed by atoms with Gasteiger partial charge in [0.25, 0.3) is 11.6 Å². The van der Waals surface area contributed by atoms with E-state index >= 15 is 0 Å². The second-order valence-electron chi connectivity index (χ2n) is 7.11. The summed E-state index contributed by atoms with van der Waals surface area (Å²) in [5.41, 5.74) is 0.148. The second kappa shape index (κ2) is 7.18. The van der Waals surface area contributed by atoms with Gasteiger partial charge in [-0.3, -0.25) is 14.9 Å². The van der Waals surface area contributed by atoms with Gasteiger partial charge in [-0.15, -0.1) is 5.06 Å². The number of nitrogens with zero attached hydrogens (tertiary/aromatic N) is 3. The van der Waals surface area contributed by atoms with E-state index in [4.69, 9.17) is 4.84 Å². The number of hydroxylamine groups is 2. The molecule has 1 heterocycles. The van der Waals surface area contributed by atoms with Gasteiger partial charge in [0.1, 0.15) is 0 Å². The van der Waals surface area contributed by atoms with E-state index in [0.29, 0.717) is 31.7 Å². The van der Waals surface area contributed by atoms with Crippen molar-refractivity contribution in [1.82, 2.24) is 9.96 Å². The predicted octanol–water partition coefficient (Wildman–Crippen LogP) is 2.17. The smallest absolute Gasteiger partial charge is 0.330 e. The monoisotopic (exact) mass is 349 g/mol. The number of carbonyl (C=O) groups is 2. The van der Waals surface area contributed by atoms with Crippen LogP contribution in [0.15, 0.2) is 18.2 Å². The quantitative estimate of drug-likeness (QED) is 0.613. The van der Waals surface area contributed by atoms with Gasteiger partial charge >= 0.3 is 5.97 Å². The molecule has 0 bridgehead atoms. The number of benzene rings is 1. The summed E-state index contributed by atoms with van der Waals surface area (Å²) in [5, 5.41) is 12.6. The second-order valence-corrected chi connectivity index (χ2v) is 7.11. The van der Waals surface area contributed by atoms with Crippen LogP contribution in [0.25, 0.3) is 0 Å². The third-order valence-electron chi connectivity index (χ3n) is 4.00. The predicted molar refractivity (Wildman–Crippen MR) is 90.9 cm³/mol. The van der Waals surface area contributed by atoms with E-state index in [1.807, 2.05) is 0 Å². The summed E-state index contributed by atoms with van der Waals surface area (Å²) in [6.45, 7) is 8.55. The minimum atomic E-state index is -0.589. The minimum Gasteiger partial charge on any atom is -0.367 e. The molecule has 25 heavy (non-hydrogen) atoms. The fraction of sp³-hybridized carbons (Fsp3) is 0.529. The molecule has 1 amide bonds. The molecule has 0 N–H and O–H groups in total. The number of nitro benzene ring substituents is 1. The van der Waals surface area contributed by atoms with E-state index in [2.05, 4.69) is 0 Å². The first kappa shape index (κ1) is 18.9. The van der Waals surface area contributed by atoms with Crippen molar-refractivity contribution in [1.29, 1.82) is 0 Å². The lowest BCUT2D eigenvalue weighted by atomic mass is 9.98.